The van der Waals surface area contributed by atoms with Crippen LogP contribution in [-0.4, -0.2) is 6.54 Å². The van der Waals surface area contributed by atoms with Gasteiger partial charge in [-0.25, -0.2) is 0 Å². The fourth-order valence-corrected chi connectivity index (χ4v) is 3.01. The molecular weight excluding hydrogens is 301 g/mol. The first-order chi connectivity index (χ1) is 10.2. The lowest BCUT2D eigenvalue weighted by atomic mass is 10.0. The summed E-state index contributed by atoms with van der Waals surface area (Å²) < 4.78 is 0. The van der Waals surface area contributed by atoms with Gasteiger partial charge in [0.15, 0.2) is 0 Å². The molecule has 2 aromatic carbocycles. The number of rotatable bonds is 7. The first-order valence-corrected chi connectivity index (χ1v) is 8.18. The fraction of sp³-hybridized carbons (Fsp3) is 0.333. The fourth-order valence-electron chi connectivity index (χ4n) is 2.47. The lowest BCUT2D eigenvalue weighted by Crippen LogP contribution is -2.22. The maximum atomic E-state index is 6.29. The van der Waals surface area contributed by atoms with E-state index in [2.05, 4.69) is 42.6 Å². The van der Waals surface area contributed by atoms with Gasteiger partial charge < -0.3 is 5.32 Å². The molecular formula is C18H21Cl2N. The van der Waals surface area contributed by atoms with Gasteiger partial charge in [0.25, 0.3) is 0 Å². The van der Waals surface area contributed by atoms with Crippen LogP contribution in [0.15, 0.2) is 48.5 Å². The molecule has 0 saturated heterocycles. The van der Waals surface area contributed by atoms with E-state index < -0.39 is 0 Å². The molecule has 0 amide bonds. The van der Waals surface area contributed by atoms with Gasteiger partial charge in [-0.3, -0.25) is 0 Å². The van der Waals surface area contributed by atoms with Gasteiger partial charge in [0, 0.05) is 16.1 Å². The Bertz CT molecular complexity index is 554. The zero-order valence-electron chi connectivity index (χ0n) is 12.3. The van der Waals surface area contributed by atoms with Crippen LogP contribution in [0.3, 0.4) is 0 Å². The van der Waals surface area contributed by atoms with Crippen molar-refractivity contribution >= 4 is 23.2 Å². The number of benzene rings is 2. The van der Waals surface area contributed by atoms with Crippen LogP contribution in [0.5, 0.6) is 0 Å². The highest BCUT2D eigenvalue weighted by atomic mass is 35.5. The highest BCUT2D eigenvalue weighted by Gasteiger charge is 2.12. The molecule has 0 aliphatic heterocycles. The van der Waals surface area contributed by atoms with Gasteiger partial charge in [0.1, 0.15) is 0 Å². The van der Waals surface area contributed by atoms with Crippen LogP contribution in [0.25, 0.3) is 0 Å². The topological polar surface area (TPSA) is 12.0 Å². The molecule has 0 fully saturated rings. The normalized spacial score (nSPS) is 12.3. The van der Waals surface area contributed by atoms with Gasteiger partial charge in [-0.05, 0) is 49.1 Å². The first-order valence-electron chi connectivity index (χ1n) is 7.43. The van der Waals surface area contributed by atoms with E-state index in [0.717, 1.165) is 36.4 Å². The summed E-state index contributed by atoms with van der Waals surface area (Å²) in [5.74, 6) is 0. The van der Waals surface area contributed by atoms with Crippen LogP contribution < -0.4 is 5.32 Å². The number of hydrogen-bond donors (Lipinski definition) is 1. The Kier molecular flexibility index (Phi) is 6.56. The van der Waals surface area contributed by atoms with Crippen LogP contribution >= 0.6 is 23.2 Å². The van der Waals surface area contributed by atoms with Gasteiger partial charge in [-0.2, -0.15) is 0 Å². The Morgan fingerprint density at radius 3 is 2.48 bits per heavy atom. The third-order valence-electron chi connectivity index (χ3n) is 3.62. The third-order valence-corrected chi connectivity index (χ3v) is 4.18. The van der Waals surface area contributed by atoms with Crippen LogP contribution in [0.2, 0.25) is 10.0 Å². The van der Waals surface area contributed by atoms with Gasteiger partial charge in [-0.1, -0.05) is 66.5 Å². The Labute approximate surface area is 137 Å². The standard InChI is InChI=1S/C18H21Cl2N/c1-2-18(16-11-10-15(19)13-17(16)20)21-12-6-9-14-7-4-3-5-8-14/h3-5,7-8,10-11,13,18,21H,2,6,9,12H2,1H3. The molecule has 21 heavy (non-hydrogen) atoms. The van der Waals surface area contributed by atoms with Crippen molar-refractivity contribution in [2.75, 3.05) is 6.54 Å². The molecule has 0 saturated carbocycles. The molecule has 0 aliphatic carbocycles. The Morgan fingerprint density at radius 2 is 1.81 bits per heavy atom. The summed E-state index contributed by atoms with van der Waals surface area (Å²) in [4.78, 5) is 0. The summed E-state index contributed by atoms with van der Waals surface area (Å²) in [5.41, 5.74) is 2.51. The molecule has 2 rings (SSSR count). The summed E-state index contributed by atoms with van der Waals surface area (Å²) in [7, 11) is 0. The Hall–Kier alpha value is -1.02. The van der Waals surface area contributed by atoms with Gasteiger partial charge in [0.05, 0.1) is 0 Å². The quantitative estimate of drug-likeness (QED) is 0.648. The molecule has 0 spiro atoms. The molecule has 1 N–H and O–H groups in total. The second-order valence-electron chi connectivity index (χ2n) is 5.17. The van der Waals surface area contributed by atoms with Crippen LogP contribution in [-0.2, 0) is 6.42 Å². The molecule has 0 aliphatic rings. The lowest BCUT2D eigenvalue weighted by Gasteiger charge is -2.19. The second-order valence-corrected chi connectivity index (χ2v) is 6.01. The van der Waals surface area contributed by atoms with E-state index in [0.29, 0.717) is 5.02 Å². The van der Waals surface area contributed by atoms with Crippen molar-refractivity contribution in [2.45, 2.75) is 32.2 Å². The minimum absolute atomic E-state index is 0.283. The minimum atomic E-state index is 0.283. The van der Waals surface area contributed by atoms with E-state index in [-0.39, 0.29) is 6.04 Å². The number of nitrogens with one attached hydrogen (secondary N) is 1. The highest BCUT2D eigenvalue weighted by Crippen LogP contribution is 2.27. The summed E-state index contributed by atoms with van der Waals surface area (Å²) >= 11 is 12.2. The van der Waals surface area contributed by atoms with E-state index >= 15 is 0 Å². The first kappa shape index (κ1) is 16.4. The molecule has 1 nitrogen and oxygen atoms in total. The SMILES string of the molecule is CCC(NCCCc1ccccc1)c1ccc(Cl)cc1Cl. The molecule has 2 aromatic rings. The van der Waals surface area contributed by atoms with Crippen LogP contribution in [0.1, 0.15) is 36.9 Å². The molecule has 3 heteroatoms. The number of hydrogen-bond acceptors (Lipinski definition) is 1. The van der Waals surface area contributed by atoms with Crippen LogP contribution in [0.4, 0.5) is 0 Å². The molecule has 0 aromatic heterocycles. The number of aryl methyl sites for hydroxylation is 1. The van der Waals surface area contributed by atoms with Gasteiger partial charge in [0.2, 0.25) is 0 Å². The summed E-state index contributed by atoms with van der Waals surface area (Å²) in [6.45, 7) is 3.14. The predicted molar refractivity (Wildman–Crippen MR) is 92.3 cm³/mol. The van der Waals surface area contributed by atoms with Crippen LogP contribution in [0, 0.1) is 0 Å². The Balaban J connectivity index is 1.85. The molecule has 1 unspecified atom stereocenters. The lowest BCUT2D eigenvalue weighted by molar-refractivity contribution is 0.510. The van der Waals surface area contributed by atoms with E-state index in [1.54, 1.807) is 0 Å². The summed E-state index contributed by atoms with van der Waals surface area (Å²) in [5, 5.41) is 5.01. The largest absolute Gasteiger partial charge is 0.310 e. The van der Waals surface area contributed by atoms with Crippen molar-refractivity contribution in [3.05, 3.63) is 69.7 Å². The maximum Gasteiger partial charge on any atom is 0.0468 e. The smallest absolute Gasteiger partial charge is 0.0468 e. The van der Waals surface area contributed by atoms with Crippen molar-refractivity contribution < 1.29 is 0 Å². The maximum absolute atomic E-state index is 6.29. The zero-order valence-corrected chi connectivity index (χ0v) is 13.8. The average molecular weight is 322 g/mol. The van der Waals surface area contributed by atoms with E-state index in [1.807, 2.05) is 18.2 Å². The molecule has 112 valence electrons. The zero-order chi connectivity index (χ0) is 15.1. The monoisotopic (exact) mass is 321 g/mol. The van der Waals surface area contributed by atoms with Crippen molar-refractivity contribution in [3.63, 3.8) is 0 Å². The number of halogens is 2. The highest BCUT2D eigenvalue weighted by molar-refractivity contribution is 6.35. The minimum Gasteiger partial charge on any atom is -0.310 e. The predicted octanol–water partition coefficient (Wildman–Crippen LogP) is 5.67. The van der Waals surface area contributed by atoms with E-state index in [9.17, 15) is 0 Å². The molecule has 0 bridgehead atoms. The average Bonchev–Trinajstić information content (AvgIpc) is 2.49. The van der Waals surface area contributed by atoms with Gasteiger partial charge >= 0.3 is 0 Å². The van der Waals surface area contributed by atoms with Crippen molar-refractivity contribution in [1.82, 2.24) is 5.32 Å². The summed E-state index contributed by atoms with van der Waals surface area (Å²) in [6.07, 6.45) is 3.22. The van der Waals surface area contributed by atoms with E-state index in [1.165, 1.54) is 5.56 Å². The second kappa shape index (κ2) is 8.43. The third kappa shape index (κ3) is 5.03. The van der Waals surface area contributed by atoms with Gasteiger partial charge in [-0.15, -0.1) is 0 Å². The van der Waals surface area contributed by atoms with Crippen molar-refractivity contribution in [1.29, 1.82) is 0 Å². The molecule has 0 heterocycles. The Morgan fingerprint density at radius 1 is 1.05 bits per heavy atom. The summed E-state index contributed by atoms with van der Waals surface area (Å²) in [6, 6.07) is 16.6. The van der Waals surface area contributed by atoms with E-state index in [4.69, 9.17) is 23.2 Å². The molecule has 1 atom stereocenters. The molecule has 0 radical (unpaired) electrons. The van der Waals surface area contributed by atoms with Crippen molar-refractivity contribution in [3.8, 4) is 0 Å². The van der Waals surface area contributed by atoms with Crippen molar-refractivity contribution in [2.24, 2.45) is 0 Å².